The maximum absolute atomic E-state index is 12.5. The summed E-state index contributed by atoms with van der Waals surface area (Å²) >= 11 is 0. The lowest BCUT2D eigenvalue weighted by Crippen LogP contribution is -2.32. The van der Waals surface area contributed by atoms with Crippen LogP contribution in [-0.2, 0) is 0 Å². The Labute approximate surface area is 164 Å². The lowest BCUT2D eigenvalue weighted by atomic mass is 10.1. The second-order valence-corrected chi connectivity index (χ2v) is 7.17. The summed E-state index contributed by atoms with van der Waals surface area (Å²) in [6, 6.07) is 17.2. The number of aromatic nitrogens is 2. The smallest absolute Gasteiger partial charge is 0.251 e. The molecule has 1 heterocycles. The zero-order valence-corrected chi connectivity index (χ0v) is 15.9. The number of benzene rings is 2. The maximum atomic E-state index is 12.5. The van der Waals surface area contributed by atoms with Gasteiger partial charge in [0, 0.05) is 29.4 Å². The van der Waals surface area contributed by atoms with Gasteiger partial charge in [-0.2, -0.15) is 4.98 Å². The molecule has 0 spiro atoms. The summed E-state index contributed by atoms with van der Waals surface area (Å²) in [6.45, 7) is 2.04. The molecule has 1 aliphatic rings. The summed E-state index contributed by atoms with van der Waals surface area (Å²) < 4.78 is 5.89. The zero-order valence-electron chi connectivity index (χ0n) is 15.9. The minimum atomic E-state index is -0.0552. The predicted octanol–water partition coefficient (Wildman–Crippen LogP) is 4.92. The number of rotatable bonds is 5. The number of aryl methyl sites for hydroxylation is 1. The zero-order chi connectivity index (χ0) is 19.3. The molecule has 0 radical (unpaired) electrons. The molecule has 0 bridgehead atoms. The lowest BCUT2D eigenvalue weighted by Gasteiger charge is -2.12. The van der Waals surface area contributed by atoms with Crippen LogP contribution in [0.15, 0.2) is 60.8 Å². The van der Waals surface area contributed by atoms with Gasteiger partial charge in [0.25, 0.3) is 5.91 Å². The fraction of sp³-hybridized carbons (Fsp3) is 0.261. The van der Waals surface area contributed by atoms with Gasteiger partial charge in [-0.05, 0) is 38.0 Å². The van der Waals surface area contributed by atoms with E-state index in [9.17, 15) is 4.79 Å². The van der Waals surface area contributed by atoms with E-state index in [1.54, 1.807) is 24.4 Å². The highest BCUT2D eigenvalue weighted by molar-refractivity contribution is 5.94. The molecular formula is C23H23N3O2. The van der Waals surface area contributed by atoms with Gasteiger partial charge in [-0.25, -0.2) is 4.98 Å². The van der Waals surface area contributed by atoms with E-state index in [1.165, 1.54) is 18.4 Å². The molecule has 1 N–H and O–H groups in total. The summed E-state index contributed by atoms with van der Waals surface area (Å²) in [5.74, 6) is 1.57. The lowest BCUT2D eigenvalue weighted by molar-refractivity contribution is 0.0937. The van der Waals surface area contributed by atoms with Crippen molar-refractivity contribution in [3.63, 3.8) is 0 Å². The van der Waals surface area contributed by atoms with Gasteiger partial charge in [-0.3, -0.25) is 4.79 Å². The van der Waals surface area contributed by atoms with Crippen molar-refractivity contribution in [2.75, 3.05) is 0 Å². The number of carbonyl (C=O) groups is 1. The van der Waals surface area contributed by atoms with Crippen molar-refractivity contribution in [1.29, 1.82) is 0 Å². The fourth-order valence-corrected chi connectivity index (χ4v) is 3.40. The molecule has 1 aromatic heterocycles. The Bertz CT molecular complexity index is 964. The number of amides is 1. The molecule has 0 saturated heterocycles. The first-order valence-corrected chi connectivity index (χ1v) is 9.66. The van der Waals surface area contributed by atoms with Crippen LogP contribution in [0.3, 0.4) is 0 Å². The molecular weight excluding hydrogens is 350 g/mol. The Balaban J connectivity index is 1.49. The highest BCUT2D eigenvalue weighted by atomic mass is 16.5. The molecule has 0 unspecified atom stereocenters. The first-order chi connectivity index (χ1) is 13.7. The van der Waals surface area contributed by atoms with E-state index in [0.717, 1.165) is 18.4 Å². The van der Waals surface area contributed by atoms with Gasteiger partial charge in [-0.15, -0.1) is 0 Å². The third kappa shape index (κ3) is 4.36. The Morgan fingerprint density at radius 2 is 1.86 bits per heavy atom. The van der Waals surface area contributed by atoms with E-state index < -0.39 is 0 Å². The Morgan fingerprint density at radius 3 is 2.64 bits per heavy atom. The van der Waals surface area contributed by atoms with Crippen molar-refractivity contribution in [2.24, 2.45) is 0 Å². The van der Waals surface area contributed by atoms with Gasteiger partial charge in [-0.1, -0.05) is 48.7 Å². The largest absolute Gasteiger partial charge is 0.439 e. The van der Waals surface area contributed by atoms with Gasteiger partial charge >= 0.3 is 0 Å². The molecule has 3 aromatic rings. The van der Waals surface area contributed by atoms with Crippen molar-refractivity contribution in [2.45, 2.75) is 38.6 Å². The number of nitrogens with zero attached hydrogens (tertiary/aromatic N) is 2. The van der Waals surface area contributed by atoms with Crippen molar-refractivity contribution >= 4 is 5.91 Å². The van der Waals surface area contributed by atoms with E-state index in [2.05, 4.69) is 15.3 Å². The van der Waals surface area contributed by atoms with E-state index in [-0.39, 0.29) is 11.9 Å². The molecule has 1 amide bonds. The van der Waals surface area contributed by atoms with Gasteiger partial charge in [0.05, 0.1) is 0 Å². The quantitative estimate of drug-likeness (QED) is 0.690. The van der Waals surface area contributed by atoms with Crippen LogP contribution in [-0.4, -0.2) is 21.9 Å². The van der Waals surface area contributed by atoms with E-state index >= 15 is 0 Å². The van der Waals surface area contributed by atoms with Crippen LogP contribution in [0.2, 0.25) is 0 Å². The first-order valence-electron chi connectivity index (χ1n) is 9.66. The van der Waals surface area contributed by atoms with Crippen LogP contribution in [0.1, 0.15) is 41.6 Å². The molecule has 142 valence electrons. The standard InChI is InChI=1S/C23H23N3O2/c1-16-9-11-17(12-10-16)22-24-14-13-21(26-22)28-20-8-4-5-18(15-20)23(27)25-19-6-2-3-7-19/h4-5,8-15,19H,2-3,6-7H2,1H3,(H,25,27). The van der Waals surface area contributed by atoms with Gasteiger partial charge < -0.3 is 10.1 Å². The van der Waals surface area contributed by atoms with Crippen molar-refractivity contribution in [3.8, 4) is 23.0 Å². The first kappa shape index (κ1) is 18.2. The molecule has 0 atom stereocenters. The summed E-state index contributed by atoms with van der Waals surface area (Å²) in [4.78, 5) is 21.3. The Hall–Kier alpha value is -3.21. The van der Waals surface area contributed by atoms with Gasteiger partial charge in [0.1, 0.15) is 5.75 Å². The number of carbonyl (C=O) groups excluding carboxylic acids is 1. The van der Waals surface area contributed by atoms with E-state index in [4.69, 9.17) is 4.74 Å². The number of nitrogens with one attached hydrogen (secondary N) is 1. The highest BCUT2D eigenvalue weighted by Gasteiger charge is 2.18. The summed E-state index contributed by atoms with van der Waals surface area (Å²) in [5, 5.41) is 3.10. The predicted molar refractivity (Wildman–Crippen MR) is 108 cm³/mol. The van der Waals surface area contributed by atoms with Crippen LogP contribution in [0.25, 0.3) is 11.4 Å². The fourth-order valence-electron chi connectivity index (χ4n) is 3.40. The number of hydrogen-bond acceptors (Lipinski definition) is 4. The van der Waals surface area contributed by atoms with Crippen LogP contribution in [0.5, 0.6) is 11.6 Å². The van der Waals surface area contributed by atoms with Crippen LogP contribution in [0, 0.1) is 6.92 Å². The SMILES string of the molecule is Cc1ccc(-c2nccc(Oc3cccc(C(=O)NC4CCCC4)c3)n2)cc1. The van der Waals surface area contributed by atoms with E-state index in [1.807, 2.05) is 43.3 Å². The molecule has 1 fully saturated rings. The third-order valence-electron chi connectivity index (χ3n) is 4.95. The summed E-state index contributed by atoms with van der Waals surface area (Å²) in [6.07, 6.45) is 6.17. The van der Waals surface area contributed by atoms with Crippen LogP contribution < -0.4 is 10.1 Å². The Morgan fingerprint density at radius 1 is 1.07 bits per heavy atom. The molecule has 1 aliphatic carbocycles. The topological polar surface area (TPSA) is 64.1 Å². The van der Waals surface area contributed by atoms with Crippen molar-refractivity contribution in [3.05, 3.63) is 71.9 Å². The minimum absolute atomic E-state index is 0.0552. The second kappa shape index (κ2) is 8.21. The minimum Gasteiger partial charge on any atom is -0.439 e. The third-order valence-corrected chi connectivity index (χ3v) is 4.95. The van der Waals surface area contributed by atoms with Crippen molar-refractivity contribution in [1.82, 2.24) is 15.3 Å². The van der Waals surface area contributed by atoms with Crippen molar-refractivity contribution < 1.29 is 9.53 Å². The summed E-state index contributed by atoms with van der Waals surface area (Å²) in [7, 11) is 0. The number of hydrogen-bond donors (Lipinski definition) is 1. The normalized spacial score (nSPS) is 14.0. The number of ether oxygens (including phenoxy) is 1. The highest BCUT2D eigenvalue weighted by Crippen LogP contribution is 2.24. The molecule has 0 aliphatic heterocycles. The average Bonchev–Trinajstić information content (AvgIpc) is 3.22. The van der Waals surface area contributed by atoms with Crippen LogP contribution in [0.4, 0.5) is 0 Å². The van der Waals surface area contributed by atoms with Crippen LogP contribution >= 0.6 is 0 Å². The van der Waals surface area contributed by atoms with Gasteiger partial charge in [0.15, 0.2) is 5.82 Å². The van der Waals surface area contributed by atoms with E-state index in [0.29, 0.717) is 23.0 Å². The Kier molecular flexibility index (Phi) is 5.33. The second-order valence-electron chi connectivity index (χ2n) is 7.17. The molecule has 28 heavy (non-hydrogen) atoms. The molecule has 1 saturated carbocycles. The van der Waals surface area contributed by atoms with Gasteiger partial charge in [0.2, 0.25) is 5.88 Å². The summed E-state index contributed by atoms with van der Waals surface area (Å²) in [5.41, 5.74) is 2.71. The monoisotopic (exact) mass is 373 g/mol. The molecule has 5 nitrogen and oxygen atoms in total. The average molecular weight is 373 g/mol. The maximum Gasteiger partial charge on any atom is 0.251 e. The molecule has 4 rings (SSSR count). The molecule has 5 heteroatoms. The molecule has 2 aromatic carbocycles.